The minimum Gasteiger partial charge on any atom is -0.480 e. The fourth-order valence-electron chi connectivity index (χ4n) is 3.88. The number of fused-ring (bicyclic) bond motifs is 1. The third-order valence-electron chi connectivity index (χ3n) is 4.87. The van der Waals surface area contributed by atoms with E-state index in [2.05, 4.69) is 4.90 Å². The van der Waals surface area contributed by atoms with E-state index in [0.717, 1.165) is 24.8 Å². The lowest BCUT2D eigenvalue weighted by Gasteiger charge is -2.33. The van der Waals surface area contributed by atoms with E-state index in [4.69, 9.17) is 23.2 Å². The molecule has 1 saturated carbocycles. The molecule has 0 spiro atoms. The van der Waals surface area contributed by atoms with E-state index in [1.165, 1.54) is 12.8 Å². The summed E-state index contributed by atoms with van der Waals surface area (Å²) in [7, 11) is 0. The van der Waals surface area contributed by atoms with Crippen molar-refractivity contribution in [2.75, 3.05) is 0 Å². The first-order valence-corrected chi connectivity index (χ1v) is 8.24. The number of carbonyl (C=O) groups is 1. The Morgan fingerprint density at radius 3 is 2.81 bits per heavy atom. The molecule has 3 rings (SSSR count). The number of carboxylic acid groups (broad SMARTS) is 1. The van der Waals surface area contributed by atoms with Crippen molar-refractivity contribution >= 4 is 29.2 Å². The zero-order valence-corrected chi connectivity index (χ0v) is 13.3. The molecule has 3 unspecified atom stereocenters. The summed E-state index contributed by atoms with van der Waals surface area (Å²) in [5, 5.41) is 10.8. The lowest BCUT2D eigenvalue weighted by molar-refractivity contribution is -0.142. The molecular formula is C16H19Cl2NO2. The van der Waals surface area contributed by atoms with Crippen LogP contribution in [0.2, 0.25) is 10.0 Å². The van der Waals surface area contributed by atoms with Gasteiger partial charge in [-0.05, 0) is 48.9 Å². The van der Waals surface area contributed by atoms with Gasteiger partial charge in [0.15, 0.2) is 0 Å². The molecule has 1 aliphatic heterocycles. The molecule has 0 aromatic heterocycles. The molecule has 0 amide bonds. The molecule has 0 bridgehead atoms. The van der Waals surface area contributed by atoms with Gasteiger partial charge in [0.2, 0.25) is 0 Å². The van der Waals surface area contributed by atoms with E-state index in [1.54, 1.807) is 12.1 Å². The van der Waals surface area contributed by atoms with Gasteiger partial charge in [-0.1, -0.05) is 36.0 Å². The maximum absolute atomic E-state index is 11.6. The van der Waals surface area contributed by atoms with Crippen molar-refractivity contribution in [2.24, 2.45) is 5.92 Å². The Bertz CT molecular complexity index is 549. The van der Waals surface area contributed by atoms with Gasteiger partial charge >= 0.3 is 5.97 Å². The van der Waals surface area contributed by atoms with Crippen molar-refractivity contribution in [3.63, 3.8) is 0 Å². The van der Waals surface area contributed by atoms with Crippen LogP contribution in [-0.4, -0.2) is 28.1 Å². The second kappa shape index (κ2) is 6.15. The number of carboxylic acids is 1. The maximum Gasteiger partial charge on any atom is 0.320 e. The van der Waals surface area contributed by atoms with E-state index >= 15 is 0 Å². The van der Waals surface area contributed by atoms with Gasteiger partial charge in [0, 0.05) is 22.6 Å². The molecule has 2 fully saturated rings. The predicted molar refractivity (Wildman–Crippen MR) is 83.8 cm³/mol. The van der Waals surface area contributed by atoms with Crippen molar-refractivity contribution < 1.29 is 9.90 Å². The number of rotatable bonds is 3. The normalized spacial score (nSPS) is 29.3. The van der Waals surface area contributed by atoms with Crippen molar-refractivity contribution in [3.8, 4) is 0 Å². The number of aliphatic carboxylic acids is 1. The second-order valence-corrected chi connectivity index (χ2v) is 6.95. The summed E-state index contributed by atoms with van der Waals surface area (Å²) in [5.41, 5.74) is 0.918. The highest BCUT2D eigenvalue weighted by Gasteiger charge is 2.45. The largest absolute Gasteiger partial charge is 0.480 e. The van der Waals surface area contributed by atoms with Gasteiger partial charge in [0.25, 0.3) is 0 Å². The van der Waals surface area contributed by atoms with Crippen LogP contribution in [0, 0.1) is 5.92 Å². The van der Waals surface area contributed by atoms with Gasteiger partial charge in [-0.3, -0.25) is 9.69 Å². The van der Waals surface area contributed by atoms with Crippen molar-refractivity contribution in [1.82, 2.24) is 4.90 Å². The van der Waals surface area contributed by atoms with Gasteiger partial charge in [-0.25, -0.2) is 0 Å². The number of likely N-dealkylation sites (tertiary alicyclic amines) is 1. The molecule has 1 aromatic carbocycles. The molecule has 2 aliphatic rings. The van der Waals surface area contributed by atoms with Gasteiger partial charge in [0.1, 0.15) is 6.04 Å². The first-order chi connectivity index (χ1) is 10.1. The Morgan fingerprint density at radius 2 is 2.05 bits per heavy atom. The molecule has 3 nitrogen and oxygen atoms in total. The number of hydrogen-bond donors (Lipinski definition) is 1. The first kappa shape index (κ1) is 15.1. The zero-order chi connectivity index (χ0) is 15.0. The fraction of sp³-hybridized carbons (Fsp3) is 0.562. The lowest BCUT2D eigenvalue weighted by atomic mass is 9.84. The molecule has 1 saturated heterocycles. The molecule has 0 radical (unpaired) electrons. The smallest absolute Gasteiger partial charge is 0.320 e. The molecule has 1 aromatic rings. The van der Waals surface area contributed by atoms with Crippen molar-refractivity contribution in [3.05, 3.63) is 33.8 Å². The first-order valence-electron chi connectivity index (χ1n) is 7.48. The molecule has 114 valence electrons. The Kier molecular flexibility index (Phi) is 4.43. The SMILES string of the molecule is O=C(O)C1CC2CCCCC2N1Cc1cc(Cl)ccc1Cl. The van der Waals surface area contributed by atoms with Crippen molar-refractivity contribution in [1.29, 1.82) is 0 Å². The summed E-state index contributed by atoms with van der Waals surface area (Å²) in [5.74, 6) is -0.208. The number of benzene rings is 1. The molecule has 21 heavy (non-hydrogen) atoms. The molecule has 1 heterocycles. The summed E-state index contributed by atoms with van der Waals surface area (Å²) in [4.78, 5) is 13.7. The van der Waals surface area contributed by atoms with E-state index in [0.29, 0.717) is 28.5 Å². The number of halogens is 2. The Balaban J connectivity index is 1.86. The molecule has 5 heteroatoms. The average Bonchev–Trinajstić information content (AvgIpc) is 2.82. The van der Waals surface area contributed by atoms with Crippen molar-refractivity contribution in [2.45, 2.75) is 50.7 Å². The third kappa shape index (κ3) is 3.05. The summed E-state index contributed by atoms with van der Waals surface area (Å²) >= 11 is 12.3. The Hall–Kier alpha value is -0.770. The van der Waals surface area contributed by atoms with E-state index in [-0.39, 0.29) is 0 Å². The van der Waals surface area contributed by atoms with E-state index in [1.807, 2.05) is 6.07 Å². The summed E-state index contributed by atoms with van der Waals surface area (Å²) in [6.45, 7) is 0.567. The monoisotopic (exact) mass is 327 g/mol. The van der Waals surface area contributed by atoms with Crippen LogP contribution >= 0.6 is 23.2 Å². The quantitative estimate of drug-likeness (QED) is 0.903. The maximum atomic E-state index is 11.6. The lowest BCUT2D eigenvalue weighted by Crippen LogP contribution is -2.41. The topological polar surface area (TPSA) is 40.5 Å². The zero-order valence-electron chi connectivity index (χ0n) is 11.8. The van der Waals surface area contributed by atoms with Crippen LogP contribution in [0.3, 0.4) is 0 Å². The number of nitrogens with zero attached hydrogens (tertiary/aromatic N) is 1. The highest BCUT2D eigenvalue weighted by molar-refractivity contribution is 6.33. The number of hydrogen-bond acceptors (Lipinski definition) is 2. The van der Waals surface area contributed by atoms with E-state index < -0.39 is 12.0 Å². The van der Waals surface area contributed by atoms with Crippen LogP contribution in [-0.2, 0) is 11.3 Å². The molecule has 1 N–H and O–H groups in total. The summed E-state index contributed by atoms with van der Waals surface area (Å²) < 4.78 is 0. The second-order valence-electron chi connectivity index (χ2n) is 6.11. The van der Waals surface area contributed by atoms with Gasteiger partial charge in [-0.2, -0.15) is 0 Å². The predicted octanol–water partition coefficient (Wildman–Crippen LogP) is 4.21. The summed E-state index contributed by atoms with van der Waals surface area (Å²) in [6, 6.07) is 5.36. The minimum absolute atomic E-state index is 0.370. The van der Waals surface area contributed by atoms with Crippen LogP contribution in [0.1, 0.15) is 37.7 Å². The van der Waals surface area contributed by atoms with Crippen LogP contribution < -0.4 is 0 Å². The third-order valence-corrected chi connectivity index (χ3v) is 5.47. The molecule has 1 aliphatic carbocycles. The van der Waals surface area contributed by atoms with Crippen LogP contribution in [0.25, 0.3) is 0 Å². The van der Waals surface area contributed by atoms with Gasteiger partial charge < -0.3 is 5.11 Å². The molecule has 3 atom stereocenters. The Labute approximate surface area is 134 Å². The molecular weight excluding hydrogens is 309 g/mol. The van der Waals surface area contributed by atoms with Crippen LogP contribution in [0.5, 0.6) is 0 Å². The average molecular weight is 328 g/mol. The standard InChI is InChI=1S/C16H19Cl2NO2/c17-12-5-6-13(18)11(7-12)9-19-14-4-2-1-3-10(14)8-15(19)16(20)21/h5-7,10,14-15H,1-4,8-9H2,(H,20,21). The van der Waals surface area contributed by atoms with Gasteiger partial charge in [-0.15, -0.1) is 0 Å². The minimum atomic E-state index is -0.720. The van der Waals surface area contributed by atoms with Crippen LogP contribution in [0.4, 0.5) is 0 Å². The van der Waals surface area contributed by atoms with E-state index in [9.17, 15) is 9.90 Å². The highest BCUT2D eigenvalue weighted by Crippen LogP contribution is 2.41. The van der Waals surface area contributed by atoms with Crippen LogP contribution in [0.15, 0.2) is 18.2 Å². The Morgan fingerprint density at radius 1 is 1.29 bits per heavy atom. The van der Waals surface area contributed by atoms with Gasteiger partial charge in [0.05, 0.1) is 0 Å². The fourth-order valence-corrected chi connectivity index (χ4v) is 4.26. The highest BCUT2D eigenvalue weighted by atomic mass is 35.5. The summed E-state index contributed by atoms with van der Waals surface area (Å²) in [6.07, 6.45) is 5.41.